The van der Waals surface area contributed by atoms with E-state index in [1.807, 2.05) is 0 Å². The number of aliphatic hydroxyl groups excluding tert-OH is 1. The fourth-order valence-electron chi connectivity index (χ4n) is 2.16. The van der Waals surface area contributed by atoms with Crippen LogP contribution in [-0.2, 0) is 4.74 Å². The average molecular weight is 229 g/mol. The van der Waals surface area contributed by atoms with Crippen molar-refractivity contribution in [3.05, 3.63) is 0 Å². The van der Waals surface area contributed by atoms with Crippen molar-refractivity contribution in [2.75, 3.05) is 32.8 Å². The van der Waals surface area contributed by atoms with Crippen LogP contribution in [0, 0.1) is 5.92 Å². The Bertz CT molecular complexity index is 181. The molecule has 96 valence electrons. The van der Waals surface area contributed by atoms with Gasteiger partial charge in [0.25, 0.3) is 0 Å². The quantitative estimate of drug-likeness (QED) is 0.781. The molecule has 0 aromatic carbocycles. The minimum atomic E-state index is -0.0186. The van der Waals surface area contributed by atoms with Gasteiger partial charge in [-0.15, -0.1) is 0 Å². The van der Waals surface area contributed by atoms with Crippen molar-refractivity contribution in [2.24, 2.45) is 5.92 Å². The fourth-order valence-corrected chi connectivity index (χ4v) is 2.16. The van der Waals surface area contributed by atoms with Gasteiger partial charge in [0.2, 0.25) is 0 Å². The van der Waals surface area contributed by atoms with Crippen molar-refractivity contribution < 1.29 is 9.84 Å². The van der Waals surface area contributed by atoms with Crippen LogP contribution in [0.25, 0.3) is 0 Å². The molecule has 0 unspecified atom stereocenters. The molecule has 3 heteroatoms. The zero-order valence-electron chi connectivity index (χ0n) is 11.0. The van der Waals surface area contributed by atoms with Gasteiger partial charge in [0.15, 0.2) is 0 Å². The normalized spacial score (nSPS) is 20.2. The molecule has 0 spiro atoms. The number of aliphatic hydroxyl groups is 1. The number of hydrogen-bond acceptors (Lipinski definition) is 3. The third-order valence-corrected chi connectivity index (χ3v) is 3.19. The van der Waals surface area contributed by atoms with Crippen LogP contribution in [0.2, 0.25) is 0 Å². The Kier molecular flexibility index (Phi) is 5.73. The highest BCUT2D eigenvalue weighted by molar-refractivity contribution is 4.72. The monoisotopic (exact) mass is 229 g/mol. The first kappa shape index (κ1) is 13.9. The van der Waals surface area contributed by atoms with Crippen LogP contribution in [0.1, 0.15) is 40.0 Å². The molecule has 0 radical (unpaired) electrons. The van der Waals surface area contributed by atoms with Crippen molar-refractivity contribution in [2.45, 2.75) is 45.6 Å². The summed E-state index contributed by atoms with van der Waals surface area (Å²) in [5.74, 6) is 0.741. The molecule has 0 aromatic heterocycles. The van der Waals surface area contributed by atoms with E-state index < -0.39 is 0 Å². The van der Waals surface area contributed by atoms with Gasteiger partial charge < -0.3 is 14.7 Å². The van der Waals surface area contributed by atoms with Crippen molar-refractivity contribution >= 4 is 0 Å². The van der Waals surface area contributed by atoms with Gasteiger partial charge in [0, 0.05) is 13.2 Å². The first-order valence-corrected chi connectivity index (χ1v) is 6.48. The molecule has 0 atom stereocenters. The number of ether oxygens (including phenoxy) is 1. The summed E-state index contributed by atoms with van der Waals surface area (Å²) in [6.07, 6.45) is 3.44. The molecule has 1 rings (SSSR count). The van der Waals surface area contributed by atoms with E-state index in [9.17, 15) is 0 Å². The topological polar surface area (TPSA) is 32.7 Å². The van der Waals surface area contributed by atoms with Gasteiger partial charge in [0.05, 0.1) is 12.2 Å². The highest BCUT2D eigenvalue weighted by Crippen LogP contribution is 2.19. The SMILES string of the molecule is CC(C)(C)OCCN1CCC(CCO)CC1. The van der Waals surface area contributed by atoms with Crippen LogP contribution in [0.5, 0.6) is 0 Å². The summed E-state index contributed by atoms with van der Waals surface area (Å²) < 4.78 is 5.72. The Morgan fingerprint density at radius 3 is 2.38 bits per heavy atom. The fraction of sp³-hybridized carbons (Fsp3) is 1.00. The molecule has 1 N–H and O–H groups in total. The van der Waals surface area contributed by atoms with Gasteiger partial charge >= 0.3 is 0 Å². The standard InChI is InChI=1S/C13H27NO2/c1-13(2,3)16-11-9-14-7-4-12(5-8-14)6-10-15/h12,15H,4-11H2,1-3H3. The van der Waals surface area contributed by atoms with E-state index in [0.29, 0.717) is 6.61 Å². The minimum absolute atomic E-state index is 0.0186. The van der Waals surface area contributed by atoms with Crippen molar-refractivity contribution in [3.63, 3.8) is 0 Å². The zero-order valence-corrected chi connectivity index (χ0v) is 11.0. The van der Waals surface area contributed by atoms with E-state index in [4.69, 9.17) is 9.84 Å². The summed E-state index contributed by atoms with van der Waals surface area (Å²) >= 11 is 0. The third kappa shape index (κ3) is 5.83. The molecule has 0 bridgehead atoms. The summed E-state index contributed by atoms with van der Waals surface area (Å²) in [4.78, 5) is 2.47. The van der Waals surface area contributed by atoms with Crippen molar-refractivity contribution in [3.8, 4) is 0 Å². The molecule has 1 heterocycles. The summed E-state index contributed by atoms with van der Waals surface area (Å²) in [7, 11) is 0. The van der Waals surface area contributed by atoms with Gasteiger partial charge in [-0.1, -0.05) is 0 Å². The largest absolute Gasteiger partial charge is 0.396 e. The number of hydrogen-bond donors (Lipinski definition) is 1. The molecule has 0 aliphatic carbocycles. The Morgan fingerprint density at radius 2 is 1.88 bits per heavy atom. The minimum Gasteiger partial charge on any atom is -0.396 e. The first-order chi connectivity index (χ1) is 7.51. The Labute approximate surface area is 99.8 Å². The highest BCUT2D eigenvalue weighted by atomic mass is 16.5. The van der Waals surface area contributed by atoms with Crippen molar-refractivity contribution in [1.29, 1.82) is 0 Å². The summed E-state index contributed by atoms with van der Waals surface area (Å²) in [5.41, 5.74) is -0.0186. The predicted molar refractivity (Wildman–Crippen MR) is 66.6 cm³/mol. The zero-order chi connectivity index (χ0) is 12.0. The number of rotatable bonds is 5. The summed E-state index contributed by atoms with van der Waals surface area (Å²) in [5, 5.41) is 8.88. The van der Waals surface area contributed by atoms with E-state index in [2.05, 4.69) is 25.7 Å². The smallest absolute Gasteiger partial charge is 0.0600 e. The summed E-state index contributed by atoms with van der Waals surface area (Å²) in [6.45, 7) is 10.8. The number of piperidine rings is 1. The number of nitrogens with zero attached hydrogens (tertiary/aromatic N) is 1. The maximum atomic E-state index is 8.88. The predicted octanol–water partition coefficient (Wildman–Crippen LogP) is 1.90. The van der Waals surface area contributed by atoms with Crippen LogP contribution < -0.4 is 0 Å². The lowest BCUT2D eigenvalue weighted by Gasteiger charge is -2.32. The molecule has 3 nitrogen and oxygen atoms in total. The second-order valence-corrected chi connectivity index (χ2v) is 5.76. The van der Waals surface area contributed by atoms with Gasteiger partial charge in [-0.05, 0) is 59.0 Å². The van der Waals surface area contributed by atoms with E-state index in [-0.39, 0.29) is 5.60 Å². The highest BCUT2D eigenvalue weighted by Gasteiger charge is 2.19. The molecule has 16 heavy (non-hydrogen) atoms. The maximum Gasteiger partial charge on any atom is 0.0600 e. The Hall–Kier alpha value is -0.120. The molecule has 1 saturated heterocycles. The van der Waals surface area contributed by atoms with E-state index in [0.717, 1.165) is 38.6 Å². The van der Waals surface area contributed by atoms with Crippen LogP contribution in [0.4, 0.5) is 0 Å². The second kappa shape index (κ2) is 6.58. The molecular formula is C13H27NO2. The molecular weight excluding hydrogens is 202 g/mol. The van der Waals surface area contributed by atoms with Crippen LogP contribution >= 0.6 is 0 Å². The lowest BCUT2D eigenvalue weighted by atomic mass is 9.94. The molecule has 0 amide bonds. The number of likely N-dealkylation sites (tertiary alicyclic amines) is 1. The lowest BCUT2D eigenvalue weighted by Crippen LogP contribution is -2.37. The Morgan fingerprint density at radius 1 is 1.25 bits per heavy atom. The van der Waals surface area contributed by atoms with Crippen LogP contribution in [0.15, 0.2) is 0 Å². The van der Waals surface area contributed by atoms with Gasteiger partial charge in [-0.3, -0.25) is 0 Å². The Balaban J connectivity index is 2.08. The molecule has 1 fully saturated rings. The summed E-state index contributed by atoms with van der Waals surface area (Å²) in [6, 6.07) is 0. The maximum absolute atomic E-state index is 8.88. The van der Waals surface area contributed by atoms with E-state index in [1.54, 1.807) is 0 Å². The van der Waals surface area contributed by atoms with E-state index >= 15 is 0 Å². The van der Waals surface area contributed by atoms with E-state index in [1.165, 1.54) is 12.8 Å². The lowest BCUT2D eigenvalue weighted by molar-refractivity contribution is -0.0165. The molecule has 1 aliphatic rings. The average Bonchev–Trinajstić information content (AvgIpc) is 2.19. The van der Waals surface area contributed by atoms with Gasteiger partial charge in [0.1, 0.15) is 0 Å². The molecule has 1 aliphatic heterocycles. The molecule has 0 saturated carbocycles. The first-order valence-electron chi connectivity index (χ1n) is 6.48. The second-order valence-electron chi connectivity index (χ2n) is 5.76. The molecule has 0 aromatic rings. The van der Waals surface area contributed by atoms with Crippen molar-refractivity contribution in [1.82, 2.24) is 4.90 Å². The third-order valence-electron chi connectivity index (χ3n) is 3.19. The van der Waals surface area contributed by atoms with Crippen LogP contribution in [0.3, 0.4) is 0 Å². The van der Waals surface area contributed by atoms with Gasteiger partial charge in [-0.25, -0.2) is 0 Å². The van der Waals surface area contributed by atoms with Gasteiger partial charge in [-0.2, -0.15) is 0 Å². The van der Waals surface area contributed by atoms with Crippen LogP contribution in [-0.4, -0.2) is 48.5 Å².